The molecule has 6 heteroatoms. The Labute approximate surface area is 189 Å². The molecule has 1 aliphatic rings. The molecule has 1 amide bonds. The molecule has 2 aromatic rings. The first-order chi connectivity index (χ1) is 15.6. The summed E-state index contributed by atoms with van der Waals surface area (Å²) in [7, 11) is 2.78. The van der Waals surface area contributed by atoms with Crippen LogP contribution in [-0.4, -0.2) is 38.6 Å². The average Bonchev–Trinajstić information content (AvgIpc) is 2.81. The molecule has 0 radical (unpaired) electrons. The van der Waals surface area contributed by atoms with E-state index in [4.69, 9.17) is 4.74 Å². The SMILES string of the molecule is COC(=O)CCCCCNC(=O)C1[C@H](c2ccccc2)C(C(=O)OC)[C@H]1c1ccccc1. The topological polar surface area (TPSA) is 81.7 Å². The smallest absolute Gasteiger partial charge is 0.309 e. The fourth-order valence-electron chi connectivity index (χ4n) is 4.69. The zero-order valence-electron chi connectivity index (χ0n) is 18.7. The average molecular weight is 438 g/mol. The summed E-state index contributed by atoms with van der Waals surface area (Å²) >= 11 is 0. The molecule has 2 aromatic carbocycles. The van der Waals surface area contributed by atoms with Gasteiger partial charge in [0.05, 0.1) is 26.1 Å². The Balaban J connectivity index is 1.74. The molecular weight excluding hydrogens is 406 g/mol. The zero-order chi connectivity index (χ0) is 22.9. The van der Waals surface area contributed by atoms with E-state index in [1.807, 2.05) is 60.7 Å². The monoisotopic (exact) mass is 437 g/mol. The Morgan fingerprint density at radius 1 is 0.750 bits per heavy atom. The van der Waals surface area contributed by atoms with E-state index in [-0.39, 0.29) is 35.6 Å². The van der Waals surface area contributed by atoms with Gasteiger partial charge in [0.25, 0.3) is 0 Å². The molecule has 0 spiro atoms. The van der Waals surface area contributed by atoms with Gasteiger partial charge in [-0.25, -0.2) is 0 Å². The Hall–Kier alpha value is -3.15. The van der Waals surface area contributed by atoms with Crippen LogP contribution in [-0.2, 0) is 23.9 Å². The lowest BCUT2D eigenvalue weighted by atomic mass is 9.52. The lowest BCUT2D eigenvalue weighted by Crippen LogP contribution is -2.54. The molecule has 1 fully saturated rings. The number of ether oxygens (including phenoxy) is 2. The van der Waals surface area contributed by atoms with Crippen molar-refractivity contribution >= 4 is 17.8 Å². The summed E-state index contributed by atoms with van der Waals surface area (Å²) in [6.45, 7) is 0.530. The van der Waals surface area contributed by atoms with Crippen LogP contribution >= 0.6 is 0 Å². The fourth-order valence-corrected chi connectivity index (χ4v) is 4.69. The van der Waals surface area contributed by atoms with Crippen molar-refractivity contribution in [2.75, 3.05) is 20.8 Å². The minimum absolute atomic E-state index is 0.0548. The van der Waals surface area contributed by atoms with Crippen LogP contribution in [0.25, 0.3) is 0 Å². The normalized spacial score (nSPS) is 21.8. The Bertz CT molecular complexity index is 851. The molecule has 2 atom stereocenters. The van der Waals surface area contributed by atoms with Gasteiger partial charge in [0.15, 0.2) is 0 Å². The van der Waals surface area contributed by atoms with Crippen LogP contribution in [0.3, 0.4) is 0 Å². The lowest BCUT2D eigenvalue weighted by molar-refractivity contribution is -0.156. The number of amides is 1. The highest BCUT2D eigenvalue weighted by Crippen LogP contribution is 2.57. The van der Waals surface area contributed by atoms with E-state index in [1.165, 1.54) is 14.2 Å². The molecule has 0 saturated heterocycles. The third-order valence-electron chi connectivity index (χ3n) is 6.28. The van der Waals surface area contributed by atoms with Crippen LogP contribution in [0.4, 0.5) is 0 Å². The minimum Gasteiger partial charge on any atom is -0.469 e. The number of nitrogens with one attached hydrogen (secondary N) is 1. The quantitative estimate of drug-likeness (QED) is 0.451. The maximum absolute atomic E-state index is 13.3. The van der Waals surface area contributed by atoms with Crippen molar-refractivity contribution in [2.24, 2.45) is 11.8 Å². The molecule has 0 aromatic heterocycles. The maximum Gasteiger partial charge on any atom is 0.309 e. The number of carbonyl (C=O) groups excluding carboxylic acids is 3. The number of benzene rings is 2. The van der Waals surface area contributed by atoms with Crippen LogP contribution in [0.1, 0.15) is 48.6 Å². The van der Waals surface area contributed by atoms with Gasteiger partial charge in [-0.05, 0) is 24.0 Å². The standard InChI is InChI=1S/C26H31NO5/c1-31-20(28)16-10-5-11-17-27-25(29)23-21(18-12-6-3-7-13-18)24(26(30)32-2)22(23)19-14-8-4-9-15-19/h3-4,6-9,12-15,21-24H,5,10-11,16-17H2,1-2H3,(H,27,29)/t21-,22-,23?,24?/m0/s1. The molecule has 32 heavy (non-hydrogen) atoms. The van der Waals surface area contributed by atoms with E-state index >= 15 is 0 Å². The first-order valence-corrected chi connectivity index (χ1v) is 11.1. The van der Waals surface area contributed by atoms with Crippen molar-refractivity contribution in [2.45, 2.75) is 37.5 Å². The van der Waals surface area contributed by atoms with Gasteiger partial charge in [0.1, 0.15) is 0 Å². The molecule has 1 N–H and O–H groups in total. The number of hydrogen-bond acceptors (Lipinski definition) is 5. The van der Waals surface area contributed by atoms with Gasteiger partial charge < -0.3 is 14.8 Å². The van der Waals surface area contributed by atoms with Gasteiger partial charge in [0.2, 0.25) is 5.91 Å². The van der Waals surface area contributed by atoms with Crippen molar-refractivity contribution in [3.63, 3.8) is 0 Å². The molecule has 6 nitrogen and oxygen atoms in total. The van der Waals surface area contributed by atoms with E-state index in [0.29, 0.717) is 13.0 Å². The van der Waals surface area contributed by atoms with Crippen molar-refractivity contribution < 1.29 is 23.9 Å². The summed E-state index contributed by atoms with van der Waals surface area (Å²) in [5.74, 6) is -1.82. The molecule has 170 valence electrons. The first kappa shape index (κ1) is 23.5. The number of rotatable bonds is 10. The first-order valence-electron chi connectivity index (χ1n) is 11.1. The Morgan fingerprint density at radius 3 is 1.81 bits per heavy atom. The number of carbonyl (C=O) groups is 3. The molecular formula is C26H31NO5. The second kappa shape index (κ2) is 11.5. The molecule has 1 aliphatic carbocycles. The second-order valence-corrected chi connectivity index (χ2v) is 8.13. The van der Waals surface area contributed by atoms with Gasteiger partial charge in [-0.2, -0.15) is 0 Å². The summed E-state index contributed by atoms with van der Waals surface area (Å²) in [6, 6.07) is 19.4. The van der Waals surface area contributed by atoms with Crippen molar-refractivity contribution in [1.82, 2.24) is 5.32 Å². The highest BCUT2D eigenvalue weighted by molar-refractivity contribution is 5.88. The summed E-state index contributed by atoms with van der Waals surface area (Å²) in [5, 5.41) is 3.06. The Kier molecular flexibility index (Phi) is 8.42. The van der Waals surface area contributed by atoms with E-state index in [1.54, 1.807) is 0 Å². The molecule has 3 rings (SSSR count). The maximum atomic E-state index is 13.3. The van der Waals surface area contributed by atoms with Gasteiger partial charge in [-0.15, -0.1) is 0 Å². The van der Waals surface area contributed by atoms with Gasteiger partial charge in [0, 0.05) is 24.8 Å². The zero-order valence-corrected chi connectivity index (χ0v) is 18.7. The van der Waals surface area contributed by atoms with Crippen molar-refractivity contribution in [3.8, 4) is 0 Å². The molecule has 1 saturated carbocycles. The number of esters is 2. The summed E-state index contributed by atoms with van der Waals surface area (Å²) in [4.78, 5) is 37.3. The largest absolute Gasteiger partial charge is 0.469 e. The molecule has 0 aliphatic heterocycles. The van der Waals surface area contributed by atoms with Gasteiger partial charge in [-0.1, -0.05) is 67.1 Å². The van der Waals surface area contributed by atoms with E-state index < -0.39 is 5.92 Å². The predicted octanol–water partition coefficient (Wildman–Crippen LogP) is 3.82. The Morgan fingerprint density at radius 2 is 1.31 bits per heavy atom. The van der Waals surface area contributed by atoms with Crippen LogP contribution in [0.2, 0.25) is 0 Å². The minimum atomic E-state index is -0.416. The third-order valence-corrected chi connectivity index (χ3v) is 6.28. The van der Waals surface area contributed by atoms with E-state index in [2.05, 4.69) is 10.1 Å². The molecule has 0 heterocycles. The van der Waals surface area contributed by atoms with Crippen molar-refractivity contribution in [3.05, 3.63) is 71.8 Å². The van der Waals surface area contributed by atoms with Crippen molar-refractivity contribution in [1.29, 1.82) is 0 Å². The van der Waals surface area contributed by atoms with E-state index in [0.717, 1.165) is 30.4 Å². The number of hydrogen-bond donors (Lipinski definition) is 1. The van der Waals surface area contributed by atoms with Gasteiger partial charge in [-0.3, -0.25) is 14.4 Å². The number of methoxy groups -OCH3 is 2. The van der Waals surface area contributed by atoms with Crippen LogP contribution in [0.15, 0.2) is 60.7 Å². The summed E-state index contributed by atoms with van der Waals surface area (Å²) < 4.78 is 9.78. The van der Waals surface area contributed by atoms with E-state index in [9.17, 15) is 14.4 Å². The predicted molar refractivity (Wildman–Crippen MR) is 121 cm³/mol. The number of unbranched alkanes of at least 4 members (excludes halogenated alkanes) is 2. The second-order valence-electron chi connectivity index (χ2n) is 8.13. The van der Waals surface area contributed by atoms with Crippen LogP contribution in [0.5, 0.6) is 0 Å². The highest BCUT2D eigenvalue weighted by atomic mass is 16.5. The third kappa shape index (κ3) is 5.36. The van der Waals surface area contributed by atoms with Crippen LogP contribution < -0.4 is 5.32 Å². The summed E-state index contributed by atoms with van der Waals surface area (Å²) in [5.41, 5.74) is 1.93. The lowest BCUT2D eigenvalue weighted by Gasteiger charge is -2.50. The summed E-state index contributed by atoms with van der Waals surface area (Å²) in [6.07, 6.45) is 2.73. The molecule has 0 unspecified atom stereocenters. The van der Waals surface area contributed by atoms with Crippen LogP contribution in [0, 0.1) is 11.8 Å². The molecule has 0 bridgehead atoms. The highest BCUT2D eigenvalue weighted by Gasteiger charge is 2.58. The fraction of sp³-hybridized carbons (Fsp3) is 0.423. The van der Waals surface area contributed by atoms with Gasteiger partial charge >= 0.3 is 11.9 Å².